The second kappa shape index (κ2) is 13.5. The Morgan fingerprint density at radius 3 is 2.30 bits per heavy atom. The van der Waals surface area contributed by atoms with Gasteiger partial charge in [-0.15, -0.1) is 0 Å². The average molecular weight is 645 g/mol. The Balaban J connectivity index is 1.18. The number of phenolic OH excluding ortho intramolecular Hbond substituents is 1. The number of carbonyl (C=O) groups excluding carboxylic acids is 2. The van der Waals surface area contributed by atoms with Gasteiger partial charge in [-0.2, -0.15) is 0 Å². The van der Waals surface area contributed by atoms with Gasteiger partial charge in [-0.05, 0) is 111 Å². The minimum atomic E-state index is -0.405. The number of phenols is 1. The third kappa shape index (κ3) is 6.83. The van der Waals surface area contributed by atoms with E-state index in [1.165, 1.54) is 0 Å². The molecule has 8 nitrogen and oxygen atoms in total. The molecule has 2 aliphatic heterocycles. The maximum absolute atomic E-state index is 13.8. The number of ether oxygens (including phenoxy) is 1. The van der Waals surface area contributed by atoms with Crippen molar-refractivity contribution in [1.29, 1.82) is 0 Å². The summed E-state index contributed by atoms with van der Waals surface area (Å²) in [5.74, 6) is 1.25. The molecular formula is C37H45ClN4O4. The van der Waals surface area contributed by atoms with Gasteiger partial charge < -0.3 is 24.5 Å². The number of halogens is 1. The molecule has 3 aliphatic rings. The predicted octanol–water partition coefficient (Wildman–Crippen LogP) is 6.28. The number of piperazine rings is 1. The van der Waals surface area contributed by atoms with Gasteiger partial charge in [0.25, 0.3) is 0 Å². The Labute approximate surface area is 277 Å². The smallest absolute Gasteiger partial charge is 0.236 e. The van der Waals surface area contributed by atoms with Crippen molar-refractivity contribution >= 4 is 34.8 Å². The number of rotatable bonds is 8. The second-order valence-corrected chi connectivity index (χ2v) is 13.9. The van der Waals surface area contributed by atoms with Crippen LogP contribution in [0.1, 0.15) is 62.3 Å². The zero-order valence-corrected chi connectivity index (χ0v) is 28.0. The van der Waals surface area contributed by atoms with Crippen molar-refractivity contribution in [3.8, 4) is 11.5 Å². The number of anilines is 2. The molecule has 9 heteroatoms. The third-order valence-electron chi connectivity index (χ3n) is 9.85. The molecule has 2 heterocycles. The maximum atomic E-state index is 13.8. The van der Waals surface area contributed by atoms with Crippen LogP contribution in [0, 0.1) is 5.92 Å². The highest BCUT2D eigenvalue weighted by Gasteiger charge is 2.36. The van der Waals surface area contributed by atoms with Crippen molar-refractivity contribution in [2.45, 2.75) is 64.1 Å². The molecule has 0 aromatic heterocycles. The van der Waals surface area contributed by atoms with E-state index < -0.39 is 6.04 Å². The van der Waals surface area contributed by atoms with E-state index in [1.807, 2.05) is 73.2 Å². The fourth-order valence-electron chi connectivity index (χ4n) is 7.32. The number of amides is 2. The summed E-state index contributed by atoms with van der Waals surface area (Å²) in [5, 5.41) is 11.3. The summed E-state index contributed by atoms with van der Waals surface area (Å²) in [6.07, 6.45) is 4.68. The minimum Gasteiger partial charge on any atom is -0.504 e. The normalized spacial score (nSPS) is 22.3. The summed E-state index contributed by atoms with van der Waals surface area (Å²) in [5.41, 5.74) is 4.57. The number of carbonyl (C=O) groups is 2. The third-order valence-corrected chi connectivity index (χ3v) is 10.1. The molecule has 244 valence electrons. The zero-order chi connectivity index (χ0) is 32.5. The first-order valence-corrected chi connectivity index (χ1v) is 16.8. The van der Waals surface area contributed by atoms with E-state index in [1.54, 1.807) is 6.07 Å². The lowest BCUT2D eigenvalue weighted by atomic mass is 9.84. The molecule has 1 saturated carbocycles. The average Bonchev–Trinajstić information content (AvgIpc) is 3.03. The SMILES string of the molecule is CC(C)Oc1cc2c(cc1O)CC(=O)N(c1ccc(N(C)CC3CCC(N4CCN(C)C(=O)C4)CC3)cc1)[C@H]2c1ccc(Cl)cc1. The number of nitrogens with zero attached hydrogens (tertiary/aromatic N) is 4. The fraction of sp³-hybridized carbons (Fsp3) is 0.459. The minimum absolute atomic E-state index is 0.0377. The molecule has 3 aromatic rings. The van der Waals surface area contributed by atoms with Crippen LogP contribution in [0.5, 0.6) is 11.5 Å². The molecule has 0 radical (unpaired) electrons. The molecule has 2 amide bonds. The number of benzene rings is 3. The molecule has 1 saturated heterocycles. The van der Waals surface area contributed by atoms with Gasteiger partial charge in [0.15, 0.2) is 11.5 Å². The standard InChI is InChI=1S/C37H45ClN4O4/c1-24(2)46-34-21-32-27(19-33(34)43)20-35(44)42(37(32)26-7-9-28(38)10-8-26)31-15-13-29(14-16-31)40(4)22-25-5-11-30(12-6-25)41-18-17-39(3)36(45)23-41/h7-10,13-16,19,21,24-25,30,37,43H,5-6,11-12,17-18,20,22-23H2,1-4H3/t25?,30?,37-/m0/s1. The van der Waals surface area contributed by atoms with E-state index >= 15 is 0 Å². The summed E-state index contributed by atoms with van der Waals surface area (Å²) in [6.45, 7) is 7.17. The Hall–Kier alpha value is -3.75. The van der Waals surface area contributed by atoms with Crippen molar-refractivity contribution in [1.82, 2.24) is 9.80 Å². The van der Waals surface area contributed by atoms with E-state index in [0.717, 1.165) is 73.4 Å². The topological polar surface area (TPSA) is 76.6 Å². The molecular weight excluding hydrogens is 600 g/mol. The van der Waals surface area contributed by atoms with Gasteiger partial charge in [0, 0.05) is 56.2 Å². The highest BCUT2D eigenvalue weighted by Crippen LogP contribution is 2.44. The largest absolute Gasteiger partial charge is 0.504 e. The Kier molecular flexibility index (Phi) is 9.48. The molecule has 6 rings (SSSR count). The lowest BCUT2D eigenvalue weighted by molar-refractivity contribution is -0.135. The summed E-state index contributed by atoms with van der Waals surface area (Å²) >= 11 is 6.25. The molecule has 2 fully saturated rings. The van der Waals surface area contributed by atoms with Crippen LogP contribution in [-0.2, 0) is 16.0 Å². The summed E-state index contributed by atoms with van der Waals surface area (Å²) in [4.78, 5) is 34.4. The fourth-order valence-corrected chi connectivity index (χ4v) is 7.45. The molecule has 0 unspecified atom stereocenters. The van der Waals surface area contributed by atoms with Crippen LogP contribution in [0.3, 0.4) is 0 Å². The molecule has 1 aliphatic carbocycles. The molecule has 0 spiro atoms. The van der Waals surface area contributed by atoms with Crippen molar-refractivity contribution < 1.29 is 19.4 Å². The van der Waals surface area contributed by atoms with Gasteiger partial charge in [-0.1, -0.05) is 23.7 Å². The van der Waals surface area contributed by atoms with Crippen molar-refractivity contribution in [2.24, 2.45) is 5.92 Å². The van der Waals surface area contributed by atoms with Crippen LogP contribution < -0.4 is 14.5 Å². The first-order chi connectivity index (χ1) is 22.1. The molecule has 1 N–H and O–H groups in total. The Bertz CT molecular complexity index is 1550. The van der Waals surface area contributed by atoms with Crippen LogP contribution in [0.4, 0.5) is 11.4 Å². The van der Waals surface area contributed by atoms with Crippen LogP contribution in [0.15, 0.2) is 60.7 Å². The number of likely N-dealkylation sites (N-methyl/N-ethyl adjacent to an activating group) is 1. The van der Waals surface area contributed by atoms with Gasteiger partial charge in [0.2, 0.25) is 11.8 Å². The Morgan fingerprint density at radius 1 is 0.957 bits per heavy atom. The number of hydrogen-bond acceptors (Lipinski definition) is 6. The van der Waals surface area contributed by atoms with E-state index in [0.29, 0.717) is 29.3 Å². The quantitative estimate of drug-likeness (QED) is 0.311. The number of aromatic hydroxyl groups is 1. The summed E-state index contributed by atoms with van der Waals surface area (Å²) in [7, 11) is 4.04. The van der Waals surface area contributed by atoms with Crippen LogP contribution >= 0.6 is 11.6 Å². The second-order valence-electron chi connectivity index (χ2n) is 13.4. The van der Waals surface area contributed by atoms with Gasteiger partial charge in [0.1, 0.15) is 0 Å². The van der Waals surface area contributed by atoms with Gasteiger partial charge in [-0.3, -0.25) is 14.5 Å². The maximum Gasteiger partial charge on any atom is 0.236 e. The molecule has 0 bridgehead atoms. The molecule has 46 heavy (non-hydrogen) atoms. The van der Waals surface area contributed by atoms with Crippen molar-refractivity contribution in [3.63, 3.8) is 0 Å². The predicted molar refractivity (Wildman–Crippen MR) is 183 cm³/mol. The van der Waals surface area contributed by atoms with Crippen molar-refractivity contribution in [3.05, 3.63) is 82.4 Å². The van der Waals surface area contributed by atoms with E-state index in [9.17, 15) is 14.7 Å². The highest BCUT2D eigenvalue weighted by atomic mass is 35.5. The summed E-state index contributed by atoms with van der Waals surface area (Å²) in [6, 6.07) is 19.5. The van der Waals surface area contributed by atoms with Crippen LogP contribution in [0.25, 0.3) is 0 Å². The van der Waals surface area contributed by atoms with Gasteiger partial charge in [-0.25, -0.2) is 0 Å². The van der Waals surface area contributed by atoms with E-state index in [2.05, 4.69) is 29.0 Å². The Morgan fingerprint density at radius 2 is 1.65 bits per heavy atom. The van der Waals surface area contributed by atoms with E-state index in [-0.39, 0.29) is 30.1 Å². The number of fused-ring (bicyclic) bond motifs is 1. The highest BCUT2D eigenvalue weighted by molar-refractivity contribution is 6.30. The van der Waals surface area contributed by atoms with Gasteiger partial charge >= 0.3 is 0 Å². The lowest BCUT2D eigenvalue weighted by Crippen LogP contribution is -2.53. The zero-order valence-electron chi connectivity index (χ0n) is 27.3. The number of hydrogen-bond donors (Lipinski definition) is 1. The first kappa shape index (κ1) is 32.2. The van der Waals surface area contributed by atoms with Crippen LogP contribution in [-0.4, -0.2) is 79.1 Å². The summed E-state index contributed by atoms with van der Waals surface area (Å²) < 4.78 is 5.93. The lowest BCUT2D eigenvalue weighted by Gasteiger charge is -2.41. The first-order valence-electron chi connectivity index (χ1n) is 16.5. The molecule has 1 atom stereocenters. The molecule has 3 aromatic carbocycles. The van der Waals surface area contributed by atoms with Gasteiger partial charge in [0.05, 0.1) is 25.1 Å². The van der Waals surface area contributed by atoms with Crippen molar-refractivity contribution in [2.75, 3.05) is 50.1 Å². The van der Waals surface area contributed by atoms with E-state index in [4.69, 9.17) is 16.3 Å². The monoisotopic (exact) mass is 644 g/mol. The van der Waals surface area contributed by atoms with Crippen LogP contribution in [0.2, 0.25) is 5.02 Å².